The van der Waals surface area contributed by atoms with Crippen molar-refractivity contribution in [3.63, 3.8) is 0 Å². The summed E-state index contributed by atoms with van der Waals surface area (Å²) in [5, 5.41) is 0. The number of fused-ring (bicyclic) bond motifs is 1. The third-order valence-corrected chi connectivity index (χ3v) is 2.82. The molecular weight excluding hydrogens is 268 g/mol. The highest BCUT2D eigenvalue weighted by Crippen LogP contribution is 2.15. The Kier molecular flexibility index (Phi) is 2.70. The van der Waals surface area contributed by atoms with Crippen molar-refractivity contribution in [2.45, 2.75) is 6.42 Å². The smallest absolute Gasteiger partial charge is 0.278 e. The number of aromatic nitrogens is 4. The molecule has 6 nitrogen and oxygen atoms in total. The summed E-state index contributed by atoms with van der Waals surface area (Å²) in [5.74, 6) is -1.63. The summed E-state index contributed by atoms with van der Waals surface area (Å²) >= 11 is 0. The van der Waals surface area contributed by atoms with Gasteiger partial charge in [-0.2, -0.15) is 4.98 Å². The molecule has 2 heterocycles. The number of benzene rings is 1. The van der Waals surface area contributed by atoms with Crippen LogP contribution in [0.25, 0.3) is 11.2 Å². The highest BCUT2D eigenvalue weighted by molar-refractivity contribution is 5.70. The van der Waals surface area contributed by atoms with Crippen molar-refractivity contribution in [1.82, 2.24) is 19.9 Å². The number of hydrogen-bond donors (Lipinski definition) is 3. The van der Waals surface area contributed by atoms with E-state index in [4.69, 9.17) is 5.73 Å². The number of hydrogen-bond acceptors (Lipinski definition) is 4. The second kappa shape index (κ2) is 4.41. The van der Waals surface area contributed by atoms with Gasteiger partial charge < -0.3 is 10.7 Å². The first kappa shape index (κ1) is 12.3. The molecule has 0 fully saturated rings. The lowest BCUT2D eigenvalue weighted by Crippen LogP contribution is -2.10. The van der Waals surface area contributed by atoms with Crippen molar-refractivity contribution >= 4 is 17.1 Å². The molecule has 0 unspecified atom stereocenters. The van der Waals surface area contributed by atoms with Gasteiger partial charge in [-0.25, -0.2) is 13.8 Å². The number of rotatable bonds is 2. The lowest BCUT2D eigenvalue weighted by atomic mass is 10.1. The van der Waals surface area contributed by atoms with Crippen molar-refractivity contribution in [3.8, 4) is 0 Å². The molecule has 0 spiro atoms. The fourth-order valence-electron chi connectivity index (χ4n) is 1.92. The van der Waals surface area contributed by atoms with Gasteiger partial charge in [-0.05, 0) is 11.6 Å². The van der Waals surface area contributed by atoms with Gasteiger partial charge in [0.15, 0.2) is 22.8 Å². The van der Waals surface area contributed by atoms with Gasteiger partial charge in [0.1, 0.15) is 5.82 Å². The molecule has 0 radical (unpaired) electrons. The van der Waals surface area contributed by atoms with Crippen molar-refractivity contribution in [3.05, 3.63) is 51.6 Å². The lowest BCUT2D eigenvalue weighted by molar-refractivity contribution is 0.500. The fraction of sp³-hybridized carbons (Fsp3) is 0.0833. The van der Waals surface area contributed by atoms with Crippen LogP contribution in [0.3, 0.4) is 0 Å². The SMILES string of the molecule is Nc1nc2nc(Cc3cccc(F)c3F)[nH]c2c(=O)[nH]1. The molecule has 102 valence electrons. The number of aromatic amines is 2. The van der Waals surface area contributed by atoms with E-state index in [2.05, 4.69) is 19.9 Å². The quantitative estimate of drug-likeness (QED) is 0.653. The maximum Gasteiger partial charge on any atom is 0.278 e. The molecule has 0 aliphatic carbocycles. The minimum Gasteiger partial charge on any atom is -0.369 e. The molecule has 0 aliphatic heterocycles. The van der Waals surface area contributed by atoms with E-state index < -0.39 is 17.2 Å². The molecule has 1 aromatic carbocycles. The molecule has 0 saturated heterocycles. The molecule has 0 atom stereocenters. The summed E-state index contributed by atoms with van der Waals surface area (Å²) in [4.78, 5) is 24.5. The number of imidazole rings is 1. The number of nitrogens with zero attached hydrogens (tertiary/aromatic N) is 2. The highest BCUT2D eigenvalue weighted by Gasteiger charge is 2.13. The van der Waals surface area contributed by atoms with Gasteiger partial charge in [0.25, 0.3) is 5.56 Å². The number of nitrogen functional groups attached to an aromatic ring is 1. The zero-order valence-corrected chi connectivity index (χ0v) is 10.1. The lowest BCUT2D eigenvalue weighted by Gasteiger charge is -2.00. The van der Waals surface area contributed by atoms with Crippen LogP contribution in [-0.4, -0.2) is 19.9 Å². The van der Waals surface area contributed by atoms with E-state index in [1.54, 1.807) is 0 Å². The van der Waals surface area contributed by atoms with Crippen LogP contribution in [0.15, 0.2) is 23.0 Å². The Hall–Kier alpha value is -2.77. The molecule has 0 aliphatic rings. The Morgan fingerprint density at radius 2 is 2.00 bits per heavy atom. The van der Waals surface area contributed by atoms with E-state index in [1.807, 2.05) is 0 Å². The fourth-order valence-corrected chi connectivity index (χ4v) is 1.92. The van der Waals surface area contributed by atoms with Crippen LogP contribution in [0, 0.1) is 11.6 Å². The predicted molar refractivity (Wildman–Crippen MR) is 68.1 cm³/mol. The van der Waals surface area contributed by atoms with Crippen LogP contribution in [0.4, 0.5) is 14.7 Å². The molecule has 20 heavy (non-hydrogen) atoms. The van der Waals surface area contributed by atoms with Gasteiger partial charge in [0.2, 0.25) is 5.95 Å². The first-order chi connectivity index (χ1) is 9.54. The topological polar surface area (TPSA) is 100 Å². The summed E-state index contributed by atoms with van der Waals surface area (Å²) in [7, 11) is 0. The standard InChI is InChI=1S/C12H9F2N5O/c13-6-3-1-2-5(8(6)14)4-7-16-9-10(17-7)18-12(15)19-11(9)20/h1-3H,4H2,(H4,15,16,17,18,19,20). The Balaban J connectivity index is 2.05. The zero-order valence-electron chi connectivity index (χ0n) is 10.1. The zero-order chi connectivity index (χ0) is 14.3. The van der Waals surface area contributed by atoms with E-state index >= 15 is 0 Å². The summed E-state index contributed by atoms with van der Waals surface area (Å²) in [6.07, 6.45) is 0.0132. The van der Waals surface area contributed by atoms with Crippen LogP contribution < -0.4 is 11.3 Å². The minimum absolute atomic E-state index is 0.0132. The first-order valence-corrected chi connectivity index (χ1v) is 5.72. The maximum atomic E-state index is 13.6. The number of H-pyrrole nitrogens is 2. The number of anilines is 1. The van der Waals surface area contributed by atoms with Crippen LogP contribution in [0.5, 0.6) is 0 Å². The first-order valence-electron chi connectivity index (χ1n) is 5.72. The van der Waals surface area contributed by atoms with Crippen LogP contribution in [0.1, 0.15) is 11.4 Å². The maximum absolute atomic E-state index is 13.6. The molecule has 3 rings (SSSR count). The van der Waals surface area contributed by atoms with Crippen LogP contribution >= 0.6 is 0 Å². The van der Waals surface area contributed by atoms with Crippen molar-refractivity contribution in [1.29, 1.82) is 0 Å². The predicted octanol–water partition coefficient (Wildman–Crippen LogP) is 1.10. The van der Waals surface area contributed by atoms with Gasteiger partial charge >= 0.3 is 0 Å². The minimum atomic E-state index is -0.936. The number of nitrogens with one attached hydrogen (secondary N) is 2. The van der Waals surface area contributed by atoms with Gasteiger partial charge in [-0.1, -0.05) is 12.1 Å². The normalized spacial score (nSPS) is 11.1. The number of nitrogens with two attached hydrogens (primary N) is 1. The van der Waals surface area contributed by atoms with Crippen LogP contribution in [-0.2, 0) is 6.42 Å². The van der Waals surface area contributed by atoms with E-state index in [0.717, 1.165) is 6.07 Å². The highest BCUT2D eigenvalue weighted by atomic mass is 19.2. The molecule has 8 heteroatoms. The Morgan fingerprint density at radius 1 is 1.20 bits per heavy atom. The largest absolute Gasteiger partial charge is 0.369 e. The van der Waals surface area contributed by atoms with E-state index in [0.29, 0.717) is 5.82 Å². The molecule has 2 aromatic heterocycles. The van der Waals surface area contributed by atoms with Gasteiger partial charge in [0.05, 0.1) is 0 Å². The van der Waals surface area contributed by atoms with Crippen molar-refractivity contribution in [2.75, 3.05) is 5.73 Å². The van der Waals surface area contributed by atoms with Crippen molar-refractivity contribution < 1.29 is 8.78 Å². The third-order valence-electron chi connectivity index (χ3n) is 2.82. The van der Waals surface area contributed by atoms with Crippen molar-refractivity contribution in [2.24, 2.45) is 0 Å². The summed E-state index contributed by atoms with van der Waals surface area (Å²) in [6.45, 7) is 0. The Morgan fingerprint density at radius 3 is 2.80 bits per heavy atom. The summed E-state index contributed by atoms with van der Waals surface area (Å²) in [6, 6.07) is 3.88. The third kappa shape index (κ3) is 2.00. The summed E-state index contributed by atoms with van der Waals surface area (Å²) < 4.78 is 26.7. The molecular formula is C12H9F2N5O. The molecule has 0 saturated carbocycles. The molecule has 3 aromatic rings. The van der Waals surface area contributed by atoms with E-state index in [-0.39, 0.29) is 29.1 Å². The van der Waals surface area contributed by atoms with E-state index in [9.17, 15) is 13.6 Å². The second-order valence-electron chi connectivity index (χ2n) is 4.22. The average Bonchev–Trinajstić information content (AvgIpc) is 2.78. The average molecular weight is 277 g/mol. The second-order valence-corrected chi connectivity index (χ2v) is 4.22. The molecule has 0 bridgehead atoms. The molecule has 0 amide bonds. The monoisotopic (exact) mass is 277 g/mol. The van der Waals surface area contributed by atoms with Crippen LogP contribution in [0.2, 0.25) is 0 Å². The summed E-state index contributed by atoms with van der Waals surface area (Å²) in [5.41, 5.74) is 5.35. The Labute approximate surface area is 110 Å². The van der Waals surface area contributed by atoms with E-state index in [1.165, 1.54) is 12.1 Å². The number of halogens is 2. The van der Waals surface area contributed by atoms with Gasteiger partial charge in [-0.3, -0.25) is 9.78 Å². The molecule has 4 N–H and O–H groups in total. The van der Waals surface area contributed by atoms with Gasteiger partial charge in [0, 0.05) is 6.42 Å². The van der Waals surface area contributed by atoms with Gasteiger partial charge in [-0.15, -0.1) is 0 Å². The Bertz CT molecular complexity index is 855.